The summed E-state index contributed by atoms with van der Waals surface area (Å²) in [5, 5.41) is 11.8. The summed E-state index contributed by atoms with van der Waals surface area (Å²) >= 11 is 0. The van der Waals surface area contributed by atoms with E-state index in [1.54, 1.807) is 6.07 Å². The van der Waals surface area contributed by atoms with E-state index < -0.39 is 0 Å². The number of ether oxygens (including phenoxy) is 2. The Morgan fingerprint density at radius 2 is 1.56 bits per heavy atom. The van der Waals surface area contributed by atoms with Gasteiger partial charge >= 0.3 is 5.69 Å². The summed E-state index contributed by atoms with van der Waals surface area (Å²) in [6.45, 7) is 6.88. The Labute approximate surface area is 150 Å². The van der Waals surface area contributed by atoms with Gasteiger partial charge in [-0.05, 0) is 44.2 Å². The number of piperidine rings is 1. The second kappa shape index (κ2) is 10.1. The van der Waals surface area contributed by atoms with Gasteiger partial charge in [0, 0.05) is 13.1 Å². The van der Waals surface area contributed by atoms with Crippen LogP contribution < -0.4 is 14.4 Å². The molecule has 25 heavy (non-hydrogen) atoms. The molecule has 1 aromatic carbocycles. The number of nitrogens with zero attached hydrogens (tertiary/aromatic N) is 2. The van der Waals surface area contributed by atoms with Crippen LogP contribution in [0.15, 0.2) is 12.1 Å². The quantitative estimate of drug-likeness (QED) is 0.339. The maximum Gasteiger partial charge on any atom is 0.337 e. The molecule has 1 aromatic rings. The molecule has 1 aliphatic heterocycles. The molecule has 1 heterocycles. The van der Waals surface area contributed by atoms with Crippen LogP contribution in [0.5, 0.6) is 11.5 Å². The molecular weight excluding hydrogens is 320 g/mol. The number of hydrogen-bond acceptors (Lipinski definition) is 5. The third-order valence-electron chi connectivity index (χ3n) is 4.44. The zero-order valence-corrected chi connectivity index (χ0v) is 15.5. The van der Waals surface area contributed by atoms with Crippen molar-refractivity contribution < 1.29 is 14.4 Å². The molecule has 0 saturated carbocycles. The summed E-state index contributed by atoms with van der Waals surface area (Å²) in [6.07, 6.45) is 7.10. The molecule has 2 rings (SSSR count). The van der Waals surface area contributed by atoms with Crippen LogP contribution in [0.4, 0.5) is 11.4 Å². The fourth-order valence-electron chi connectivity index (χ4n) is 3.03. The predicted molar refractivity (Wildman–Crippen MR) is 100.0 cm³/mol. The van der Waals surface area contributed by atoms with Crippen molar-refractivity contribution in [1.29, 1.82) is 0 Å². The van der Waals surface area contributed by atoms with Crippen LogP contribution in [0.2, 0.25) is 0 Å². The number of hydrogen-bond donors (Lipinski definition) is 0. The molecule has 0 unspecified atom stereocenters. The van der Waals surface area contributed by atoms with Crippen LogP contribution in [0, 0.1) is 10.1 Å². The van der Waals surface area contributed by atoms with E-state index in [0.717, 1.165) is 51.6 Å². The molecule has 6 heteroatoms. The highest BCUT2D eigenvalue weighted by Crippen LogP contribution is 2.45. The summed E-state index contributed by atoms with van der Waals surface area (Å²) in [4.78, 5) is 13.6. The van der Waals surface area contributed by atoms with Gasteiger partial charge in [0.05, 0.1) is 18.1 Å². The molecule has 0 radical (unpaired) electrons. The number of benzene rings is 1. The van der Waals surface area contributed by atoms with Crippen LogP contribution in [-0.4, -0.2) is 31.2 Å². The molecule has 140 valence electrons. The Morgan fingerprint density at radius 1 is 1.00 bits per heavy atom. The number of rotatable bonds is 10. The summed E-state index contributed by atoms with van der Waals surface area (Å²) in [5.41, 5.74) is 0.641. The van der Waals surface area contributed by atoms with E-state index in [4.69, 9.17) is 9.47 Å². The van der Waals surface area contributed by atoms with Crippen LogP contribution in [-0.2, 0) is 0 Å². The van der Waals surface area contributed by atoms with Crippen LogP contribution in [0.3, 0.4) is 0 Å². The fraction of sp³-hybridized carbons (Fsp3) is 0.684. The van der Waals surface area contributed by atoms with E-state index in [0.29, 0.717) is 30.4 Å². The van der Waals surface area contributed by atoms with E-state index in [1.165, 1.54) is 6.42 Å². The van der Waals surface area contributed by atoms with E-state index in [1.807, 2.05) is 6.07 Å². The Kier molecular flexibility index (Phi) is 7.82. The third kappa shape index (κ3) is 5.25. The molecule has 0 bridgehead atoms. The second-order valence-electron chi connectivity index (χ2n) is 6.47. The Balaban J connectivity index is 2.37. The van der Waals surface area contributed by atoms with Crippen molar-refractivity contribution in [3.63, 3.8) is 0 Å². The second-order valence-corrected chi connectivity index (χ2v) is 6.47. The van der Waals surface area contributed by atoms with E-state index in [9.17, 15) is 10.1 Å². The molecular formula is C19H30N2O4. The van der Waals surface area contributed by atoms with Crippen LogP contribution >= 0.6 is 0 Å². The van der Waals surface area contributed by atoms with Crippen molar-refractivity contribution in [2.24, 2.45) is 0 Å². The first-order chi connectivity index (χ1) is 12.2. The zero-order chi connectivity index (χ0) is 18.1. The van der Waals surface area contributed by atoms with Gasteiger partial charge in [-0.15, -0.1) is 0 Å². The molecule has 0 atom stereocenters. The molecule has 0 aliphatic carbocycles. The number of anilines is 1. The number of nitro benzene ring substituents is 1. The smallest absolute Gasteiger partial charge is 0.337 e. The van der Waals surface area contributed by atoms with Gasteiger partial charge in [0.25, 0.3) is 0 Å². The van der Waals surface area contributed by atoms with Gasteiger partial charge in [-0.25, -0.2) is 0 Å². The van der Waals surface area contributed by atoms with E-state index in [-0.39, 0.29) is 10.6 Å². The lowest BCUT2D eigenvalue weighted by molar-refractivity contribution is -0.385. The lowest BCUT2D eigenvalue weighted by atomic mass is 10.1. The van der Waals surface area contributed by atoms with Gasteiger partial charge in [-0.2, -0.15) is 0 Å². The first kappa shape index (κ1) is 19.3. The third-order valence-corrected chi connectivity index (χ3v) is 4.44. The SMILES string of the molecule is CCCCOc1ccc(OCCCC)c([N+](=O)[O-])c1N1CCCCC1. The molecule has 1 fully saturated rings. The monoisotopic (exact) mass is 350 g/mol. The van der Waals surface area contributed by atoms with Crippen molar-refractivity contribution in [3.05, 3.63) is 22.2 Å². The van der Waals surface area contributed by atoms with Crippen molar-refractivity contribution in [3.8, 4) is 11.5 Å². The Hall–Kier alpha value is -1.98. The van der Waals surface area contributed by atoms with Gasteiger partial charge in [0.2, 0.25) is 0 Å². The first-order valence-corrected chi connectivity index (χ1v) is 9.51. The van der Waals surface area contributed by atoms with E-state index >= 15 is 0 Å². The van der Waals surface area contributed by atoms with Gasteiger partial charge < -0.3 is 14.4 Å². The van der Waals surface area contributed by atoms with E-state index in [2.05, 4.69) is 18.7 Å². The zero-order valence-electron chi connectivity index (χ0n) is 15.5. The van der Waals surface area contributed by atoms with Crippen molar-refractivity contribution >= 4 is 11.4 Å². The molecule has 6 nitrogen and oxygen atoms in total. The molecule has 1 aliphatic rings. The minimum Gasteiger partial charge on any atom is -0.491 e. The molecule has 0 amide bonds. The largest absolute Gasteiger partial charge is 0.491 e. The maximum atomic E-state index is 11.8. The average Bonchev–Trinajstić information content (AvgIpc) is 2.63. The van der Waals surface area contributed by atoms with Crippen molar-refractivity contribution in [2.75, 3.05) is 31.2 Å². The summed E-state index contributed by atoms with van der Waals surface area (Å²) < 4.78 is 11.6. The molecule has 0 spiro atoms. The summed E-state index contributed by atoms with van der Waals surface area (Å²) in [5.74, 6) is 0.951. The minimum absolute atomic E-state index is 0.0481. The highest BCUT2D eigenvalue weighted by molar-refractivity contribution is 5.77. The maximum absolute atomic E-state index is 11.8. The topological polar surface area (TPSA) is 64.8 Å². The number of unbranched alkanes of at least 4 members (excludes halogenated alkanes) is 2. The lowest BCUT2D eigenvalue weighted by Crippen LogP contribution is -2.30. The van der Waals surface area contributed by atoms with Crippen LogP contribution in [0.25, 0.3) is 0 Å². The van der Waals surface area contributed by atoms with Gasteiger partial charge in [0.1, 0.15) is 5.75 Å². The standard InChI is InChI=1S/C19H30N2O4/c1-3-5-14-24-16-10-11-17(25-15-6-4-2)19(21(22)23)18(16)20-12-8-7-9-13-20/h10-11H,3-9,12-15H2,1-2H3. The van der Waals surface area contributed by atoms with Crippen molar-refractivity contribution in [2.45, 2.75) is 58.8 Å². The number of nitro groups is 1. The Morgan fingerprint density at radius 3 is 2.12 bits per heavy atom. The summed E-state index contributed by atoms with van der Waals surface area (Å²) in [7, 11) is 0. The lowest BCUT2D eigenvalue weighted by Gasteiger charge is -2.30. The van der Waals surface area contributed by atoms with Crippen molar-refractivity contribution in [1.82, 2.24) is 0 Å². The Bertz CT molecular complexity index is 557. The highest BCUT2D eigenvalue weighted by Gasteiger charge is 2.30. The van der Waals surface area contributed by atoms with Gasteiger partial charge in [0.15, 0.2) is 11.4 Å². The summed E-state index contributed by atoms with van der Waals surface area (Å²) in [6, 6.07) is 3.51. The molecule has 0 N–H and O–H groups in total. The first-order valence-electron chi connectivity index (χ1n) is 9.51. The average molecular weight is 350 g/mol. The van der Waals surface area contributed by atoms with Crippen LogP contribution in [0.1, 0.15) is 58.8 Å². The molecule has 0 aromatic heterocycles. The van der Waals surface area contributed by atoms with Gasteiger partial charge in [-0.3, -0.25) is 10.1 Å². The molecule has 1 saturated heterocycles. The minimum atomic E-state index is -0.322. The predicted octanol–water partition coefficient (Wildman–Crippen LogP) is 4.94. The fourth-order valence-corrected chi connectivity index (χ4v) is 3.03. The highest BCUT2D eigenvalue weighted by atomic mass is 16.6. The normalized spacial score (nSPS) is 14.4. The van der Waals surface area contributed by atoms with Gasteiger partial charge in [-0.1, -0.05) is 26.7 Å².